The van der Waals surface area contributed by atoms with E-state index < -0.39 is 17.9 Å². The fourth-order valence-electron chi connectivity index (χ4n) is 3.16. The summed E-state index contributed by atoms with van der Waals surface area (Å²) in [4.78, 5) is 23.9. The van der Waals surface area contributed by atoms with Gasteiger partial charge in [0.05, 0.1) is 5.69 Å². The van der Waals surface area contributed by atoms with E-state index in [1.807, 2.05) is 0 Å². The molecular weight excluding hydrogens is 325 g/mol. The lowest BCUT2D eigenvalue weighted by Gasteiger charge is -2.17. The number of hydrogen-bond acceptors (Lipinski definition) is 3. The molecule has 1 unspecified atom stereocenters. The van der Waals surface area contributed by atoms with Crippen LogP contribution in [0.4, 0.5) is 4.39 Å². The van der Waals surface area contributed by atoms with E-state index in [9.17, 15) is 19.1 Å². The number of aliphatic carboxylic acids is 1. The number of amides is 1. The summed E-state index contributed by atoms with van der Waals surface area (Å²) < 4.78 is 15.1. The lowest BCUT2D eigenvalue weighted by atomic mass is 10.0. The number of fused-ring (bicyclic) bond motifs is 1. The van der Waals surface area contributed by atoms with E-state index in [1.165, 1.54) is 12.1 Å². The average molecular weight is 345 g/mol. The van der Waals surface area contributed by atoms with Gasteiger partial charge in [-0.2, -0.15) is 5.10 Å². The number of halogens is 1. The van der Waals surface area contributed by atoms with Crippen LogP contribution in [0.2, 0.25) is 0 Å². The maximum absolute atomic E-state index is 13.5. The van der Waals surface area contributed by atoms with Gasteiger partial charge in [0, 0.05) is 11.3 Å². The Kier molecular flexibility index (Phi) is 4.57. The predicted molar refractivity (Wildman–Crippen MR) is 89.3 cm³/mol. The van der Waals surface area contributed by atoms with Gasteiger partial charge >= 0.3 is 5.97 Å². The minimum Gasteiger partial charge on any atom is -0.480 e. The molecule has 7 heteroatoms. The number of rotatable bonds is 5. The number of carbonyl (C=O) groups excluding carboxylic acids is 1. The van der Waals surface area contributed by atoms with Crippen LogP contribution in [0.5, 0.6) is 0 Å². The van der Waals surface area contributed by atoms with Gasteiger partial charge in [0.1, 0.15) is 11.9 Å². The Morgan fingerprint density at radius 3 is 2.72 bits per heavy atom. The van der Waals surface area contributed by atoms with Crippen LogP contribution in [0.25, 0.3) is 5.69 Å². The van der Waals surface area contributed by atoms with Crippen LogP contribution in [-0.4, -0.2) is 32.8 Å². The van der Waals surface area contributed by atoms with E-state index in [2.05, 4.69) is 10.4 Å². The molecule has 1 aromatic heterocycles. The third kappa shape index (κ3) is 3.26. The molecule has 25 heavy (non-hydrogen) atoms. The second-order valence-electron chi connectivity index (χ2n) is 6.55. The van der Waals surface area contributed by atoms with Gasteiger partial charge < -0.3 is 10.4 Å². The van der Waals surface area contributed by atoms with Crippen LogP contribution < -0.4 is 5.32 Å². The van der Waals surface area contributed by atoms with Gasteiger partial charge in [-0.25, -0.2) is 13.9 Å². The molecule has 3 rings (SSSR count). The first kappa shape index (κ1) is 17.1. The standard InChI is InChI=1S/C18H20FN3O3/c1-10(2)15(18(24)25)20-17(23)16-13-7-4-8-14(13)22(21-16)12-6-3-5-11(19)9-12/h3,5-6,9-10,15H,4,7-8H2,1-2H3,(H,20,23)(H,24,25). The van der Waals surface area contributed by atoms with Gasteiger partial charge in [0.15, 0.2) is 5.69 Å². The minimum absolute atomic E-state index is 0.226. The molecule has 0 saturated carbocycles. The zero-order valence-corrected chi connectivity index (χ0v) is 14.1. The molecule has 1 heterocycles. The van der Waals surface area contributed by atoms with Crippen LogP contribution >= 0.6 is 0 Å². The third-order valence-electron chi connectivity index (χ3n) is 4.42. The number of nitrogens with one attached hydrogen (secondary N) is 1. The maximum atomic E-state index is 13.5. The van der Waals surface area contributed by atoms with E-state index in [1.54, 1.807) is 30.7 Å². The van der Waals surface area contributed by atoms with Crippen LogP contribution in [-0.2, 0) is 17.6 Å². The van der Waals surface area contributed by atoms with E-state index in [0.29, 0.717) is 12.1 Å². The Hall–Kier alpha value is -2.70. The average Bonchev–Trinajstić information content (AvgIpc) is 3.13. The Balaban J connectivity index is 1.97. The van der Waals surface area contributed by atoms with Gasteiger partial charge in [-0.1, -0.05) is 19.9 Å². The Morgan fingerprint density at radius 1 is 1.32 bits per heavy atom. The summed E-state index contributed by atoms with van der Waals surface area (Å²) >= 11 is 0. The molecule has 2 aromatic rings. The fourth-order valence-corrected chi connectivity index (χ4v) is 3.16. The number of hydrogen-bond donors (Lipinski definition) is 2. The molecular formula is C18H20FN3O3. The molecule has 132 valence electrons. The fraction of sp³-hybridized carbons (Fsp3) is 0.389. The highest BCUT2D eigenvalue weighted by Gasteiger charge is 2.30. The number of nitrogens with zero attached hydrogens (tertiary/aromatic N) is 2. The second-order valence-corrected chi connectivity index (χ2v) is 6.55. The van der Waals surface area contributed by atoms with Crippen molar-refractivity contribution < 1.29 is 19.1 Å². The van der Waals surface area contributed by atoms with Gasteiger partial charge in [0.2, 0.25) is 0 Å². The quantitative estimate of drug-likeness (QED) is 0.871. The SMILES string of the molecule is CC(C)C(NC(=O)c1nn(-c2cccc(F)c2)c2c1CCC2)C(=O)O. The highest BCUT2D eigenvalue weighted by molar-refractivity contribution is 5.96. The largest absolute Gasteiger partial charge is 0.480 e. The highest BCUT2D eigenvalue weighted by atomic mass is 19.1. The lowest BCUT2D eigenvalue weighted by molar-refractivity contribution is -0.140. The van der Waals surface area contributed by atoms with Crippen LogP contribution in [0, 0.1) is 11.7 Å². The van der Waals surface area contributed by atoms with Crippen molar-refractivity contribution in [3.05, 3.63) is 47.0 Å². The van der Waals surface area contributed by atoms with Gasteiger partial charge in [-0.05, 0) is 43.4 Å². The summed E-state index contributed by atoms with van der Waals surface area (Å²) in [6, 6.07) is 5.04. The Morgan fingerprint density at radius 2 is 2.08 bits per heavy atom. The van der Waals surface area contributed by atoms with Crippen molar-refractivity contribution in [3.63, 3.8) is 0 Å². The summed E-state index contributed by atoms with van der Waals surface area (Å²) in [6.07, 6.45) is 2.33. The predicted octanol–water partition coefficient (Wildman–Crippen LogP) is 2.34. The normalized spacial score (nSPS) is 14.4. The number of aromatic nitrogens is 2. The van der Waals surface area contributed by atoms with Crippen LogP contribution in [0.15, 0.2) is 24.3 Å². The lowest BCUT2D eigenvalue weighted by Crippen LogP contribution is -2.44. The van der Waals surface area contributed by atoms with Crippen LogP contribution in [0.3, 0.4) is 0 Å². The van der Waals surface area contributed by atoms with Gasteiger partial charge in [-0.15, -0.1) is 0 Å². The number of benzene rings is 1. The van der Waals surface area contributed by atoms with Crippen LogP contribution in [0.1, 0.15) is 42.0 Å². The monoisotopic (exact) mass is 345 g/mol. The molecule has 0 spiro atoms. The first-order valence-electron chi connectivity index (χ1n) is 8.29. The zero-order chi connectivity index (χ0) is 18.1. The summed E-state index contributed by atoms with van der Waals surface area (Å²) in [5, 5.41) is 16.2. The molecule has 0 fully saturated rings. The molecule has 1 atom stereocenters. The maximum Gasteiger partial charge on any atom is 0.326 e. The molecule has 1 aromatic carbocycles. The summed E-state index contributed by atoms with van der Waals surface area (Å²) in [6.45, 7) is 3.46. The van der Waals surface area contributed by atoms with Crippen molar-refractivity contribution in [1.29, 1.82) is 0 Å². The molecule has 6 nitrogen and oxygen atoms in total. The third-order valence-corrected chi connectivity index (χ3v) is 4.42. The van der Waals surface area contributed by atoms with Gasteiger partial charge in [0.25, 0.3) is 5.91 Å². The topological polar surface area (TPSA) is 84.2 Å². The molecule has 1 amide bonds. The molecule has 0 aliphatic heterocycles. The molecule has 2 N–H and O–H groups in total. The molecule has 0 saturated heterocycles. The summed E-state index contributed by atoms with van der Waals surface area (Å²) in [7, 11) is 0. The van der Waals surface area contributed by atoms with Crippen molar-refractivity contribution >= 4 is 11.9 Å². The summed E-state index contributed by atoms with van der Waals surface area (Å²) in [5.41, 5.74) is 2.47. The minimum atomic E-state index is -1.08. The first-order chi connectivity index (χ1) is 11.9. The number of carbonyl (C=O) groups is 2. The number of carboxylic acid groups (broad SMARTS) is 1. The molecule has 0 radical (unpaired) electrons. The van der Waals surface area contributed by atoms with Crippen molar-refractivity contribution in [2.45, 2.75) is 39.2 Å². The first-order valence-corrected chi connectivity index (χ1v) is 8.29. The highest BCUT2D eigenvalue weighted by Crippen LogP contribution is 2.28. The number of carboxylic acids is 1. The van der Waals surface area contributed by atoms with E-state index in [-0.39, 0.29) is 17.4 Å². The Bertz CT molecular complexity index is 829. The molecule has 0 bridgehead atoms. The smallest absolute Gasteiger partial charge is 0.326 e. The Labute approximate surface area is 144 Å². The second kappa shape index (κ2) is 6.66. The van der Waals surface area contributed by atoms with Crippen molar-refractivity contribution in [2.24, 2.45) is 5.92 Å². The zero-order valence-electron chi connectivity index (χ0n) is 14.1. The van der Waals surface area contributed by atoms with E-state index in [0.717, 1.165) is 24.1 Å². The van der Waals surface area contributed by atoms with Gasteiger partial charge in [-0.3, -0.25) is 4.79 Å². The van der Waals surface area contributed by atoms with Crippen molar-refractivity contribution in [3.8, 4) is 5.69 Å². The summed E-state index contributed by atoms with van der Waals surface area (Å²) in [5.74, 6) is -2.21. The van der Waals surface area contributed by atoms with E-state index >= 15 is 0 Å². The molecule has 1 aliphatic rings. The molecule has 1 aliphatic carbocycles. The van der Waals surface area contributed by atoms with E-state index in [4.69, 9.17) is 0 Å². The van der Waals surface area contributed by atoms with Crippen molar-refractivity contribution in [1.82, 2.24) is 15.1 Å². The van der Waals surface area contributed by atoms with Crippen molar-refractivity contribution in [2.75, 3.05) is 0 Å².